The van der Waals surface area contributed by atoms with Crippen molar-refractivity contribution in [1.82, 2.24) is 5.43 Å². The Morgan fingerprint density at radius 2 is 2.46 bits per heavy atom. The van der Waals surface area contributed by atoms with E-state index in [1.807, 2.05) is 6.26 Å². The summed E-state index contributed by atoms with van der Waals surface area (Å²) in [6.45, 7) is 5.24. The minimum Gasteiger partial charge on any atom is -0.501 e. The van der Waals surface area contributed by atoms with Gasteiger partial charge in [0.05, 0.1) is 12.9 Å². The molecular formula is C10H20N2O. The van der Waals surface area contributed by atoms with Crippen LogP contribution in [0.5, 0.6) is 0 Å². The van der Waals surface area contributed by atoms with E-state index in [1.165, 1.54) is 5.57 Å². The van der Waals surface area contributed by atoms with E-state index < -0.39 is 0 Å². The van der Waals surface area contributed by atoms with Crippen molar-refractivity contribution in [3.05, 3.63) is 11.8 Å². The van der Waals surface area contributed by atoms with Gasteiger partial charge in [0.25, 0.3) is 0 Å². The maximum absolute atomic E-state index is 5.53. The van der Waals surface area contributed by atoms with E-state index in [9.17, 15) is 0 Å². The van der Waals surface area contributed by atoms with Crippen molar-refractivity contribution >= 4 is 0 Å². The minimum atomic E-state index is 0.283. The van der Waals surface area contributed by atoms with Gasteiger partial charge in [-0.3, -0.25) is 11.3 Å². The third kappa shape index (κ3) is 2.71. The number of rotatable bonds is 4. The second kappa shape index (κ2) is 5.25. The molecule has 0 amide bonds. The maximum atomic E-state index is 5.53. The van der Waals surface area contributed by atoms with Gasteiger partial charge in [-0.05, 0) is 24.3 Å². The number of hydrogen-bond donors (Lipinski definition) is 2. The standard InChI is InChI=1S/C10H20N2O/c1-3-8(2)10(12-11)9-5-4-6-13-7-9/h7-8,10,12H,3-6,11H2,1-2H3. The largest absolute Gasteiger partial charge is 0.501 e. The van der Waals surface area contributed by atoms with E-state index >= 15 is 0 Å². The second-order valence-electron chi connectivity index (χ2n) is 3.70. The average molecular weight is 184 g/mol. The van der Waals surface area contributed by atoms with E-state index in [4.69, 9.17) is 10.6 Å². The lowest BCUT2D eigenvalue weighted by Crippen LogP contribution is -2.41. The third-order valence-electron chi connectivity index (χ3n) is 2.75. The molecule has 1 aliphatic heterocycles. The molecule has 2 atom stereocenters. The lowest BCUT2D eigenvalue weighted by Gasteiger charge is -2.26. The van der Waals surface area contributed by atoms with Gasteiger partial charge in [-0.15, -0.1) is 0 Å². The molecule has 1 aliphatic rings. The maximum Gasteiger partial charge on any atom is 0.0876 e. The minimum absolute atomic E-state index is 0.283. The zero-order valence-electron chi connectivity index (χ0n) is 8.55. The van der Waals surface area contributed by atoms with Crippen molar-refractivity contribution < 1.29 is 4.74 Å². The summed E-state index contributed by atoms with van der Waals surface area (Å²) in [5, 5.41) is 0. The van der Waals surface area contributed by atoms with Gasteiger partial charge in [0.1, 0.15) is 0 Å². The van der Waals surface area contributed by atoms with Crippen molar-refractivity contribution in [1.29, 1.82) is 0 Å². The molecule has 1 rings (SSSR count). The molecule has 0 fully saturated rings. The number of hydrazine groups is 1. The van der Waals surface area contributed by atoms with Crippen LogP contribution in [-0.2, 0) is 4.74 Å². The predicted molar refractivity (Wildman–Crippen MR) is 53.8 cm³/mol. The molecule has 13 heavy (non-hydrogen) atoms. The lowest BCUT2D eigenvalue weighted by atomic mass is 9.90. The monoisotopic (exact) mass is 184 g/mol. The van der Waals surface area contributed by atoms with E-state index in [0.717, 1.165) is 25.9 Å². The smallest absolute Gasteiger partial charge is 0.0876 e. The highest BCUT2D eigenvalue weighted by Crippen LogP contribution is 2.21. The van der Waals surface area contributed by atoms with Gasteiger partial charge in [-0.1, -0.05) is 20.3 Å². The summed E-state index contributed by atoms with van der Waals surface area (Å²) in [6, 6.07) is 0.283. The molecule has 3 heteroatoms. The molecule has 0 radical (unpaired) electrons. The van der Waals surface area contributed by atoms with Gasteiger partial charge >= 0.3 is 0 Å². The number of nitrogens with one attached hydrogen (secondary N) is 1. The molecule has 76 valence electrons. The lowest BCUT2D eigenvalue weighted by molar-refractivity contribution is 0.214. The Bertz CT molecular complexity index is 180. The first kappa shape index (κ1) is 10.5. The van der Waals surface area contributed by atoms with Crippen LogP contribution in [0.25, 0.3) is 0 Å². The van der Waals surface area contributed by atoms with Crippen LogP contribution in [-0.4, -0.2) is 12.6 Å². The Morgan fingerprint density at radius 1 is 1.69 bits per heavy atom. The fraction of sp³-hybridized carbons (Fsp3) is 0.800. The summed E-state index contributed by atoms with van der Waals surface area (Å²) in [5.41, 5.74) is 4.18. The van der Waals surface area contributed by atoms with Crippen LogP contribution in [0.2, 0.25) is 0 Å². The van der Waals surface area contributed by atoms with Crippen LogP contribution in [0.15, 0.2) is 11.8 Å². The molecule has 0 spiro atoms. The van der Waals surface area contributed by atoms with Crippen LogP contribution >= 0.6 is 0 Å². The van der Waals surface area contributed by atoms with E-state index in [1.54, 1.807) is 0 Å². The van der Waals surface area contributed by atoms with Gasteiger partial charge in [0.15, 0.2) is 0 Å². The van der Waals surface area contributed by atoms with Gasteiger partial charge in [0.2, 0.25) is 0 Å². The van der Waals surface area contributed by atoms with Crippen molar-refractivity contribution in [3.63, 3.8) is 0 Å². The Kier molecular flexibility index (Phi) is 4.25. The fourth-order valence-electron chi connectivity index (χ4n) is 1.69. The van der Waals surface area contributed by atoms with Crippen molar-refractivity contribution in [2.45, 2.75) is 39.2 Å². The first-order valence-electron chi connectivity index (χ1n) is 5.06. The molecule has 0 aromatic rings. The highest BCUT2D eigenvalue weighted by atomic mass is 16.5. The van der Waals surface area contributed by atoms with Crippen molar-refractivity contribution in [2.24, 2.45) is 11.8 Å². The van der Waals surface area contributed by atoms with Gasteiger partial charge in [-0.2, -0.15) is 0 Å². The molecule has 0 aromatic heterocycles. The van der Waals surface area contributed by atoms with Crippen molar-refractivity contribution in [3.8, 4) is 0 Å². The topological polar surface area (TPSA) is 47.3 Å². The van der Waals surface area contributed by atoms with Gasteiger partial charge in [-0.25, -0.2) is 0 Å². The molecule has 0 saturated heterocycles. The van der Waals surface area contributed by atoms with E-state index in [2.05, 4.69) is 19.3 Å². The molecule has 3 N–H and O–H groups in total. The van der Waals surface area contributed by atoms with E-state index in [0.29, 0.717) is 5.92 Å². The van der Waals surface area contributed by atoms with Crippen LogP contribution in [0.4, 0.5) is 0 Å². The highest BCUT2D eigenvalue weighted by molar-refractivity contribution is 5.10. The number of ether oxygens (including phenoxy) is 1. The fourth-order valence-corrected chi connectivity index (χ4v) is 1.69. The zero-order chi connectivity index (χ0) is 9.68. The molecule has 0 bridgehead atoms. The molecule has 0 saturated carbocycles. The predicted octanol–water partition coefficient (Wildman–Crippen LogP) is 1.56. The van der Waals surface area contributed by atoms with Crippen LogP contribution in [0, 0.1) is 5.92 Å². The summed E-state index contributed by atoms with van der Waals surface area (Å²) in [4.78, 5) is 0. The molecule has 0 aliphatic carbocycles. The Balaban J connectivity index is 2.58. The summed E-state index contributed by atoms with van der Waals surface area (Å²) >= 11 is 0. The summed E-state index contributed by atoms with van der Waals surface area (Å²) in [6.07, 6.45) is 5.23. The Labute approximate surface area is 80.3 Å². The highest BCUT2D eigenvalue weighted by Gasteiger charge is 2.20. The first-order valence-corrected chi connectivity index (χ1v) is 5.06. The quantitative estimate of drug-likeness (QED) is 0.515. The van der Waals surface area contributed by atoms with Gasteiger partial charge in [0, 0.05) is 6.04 Å². The van der Waals surface area contributed by atoms with Crippen LogP contribution in [0.3, 0.4) is 0 Å². The molecule has 0 aromatic carbocycles. The van der Waals surface area contributed by atoms with Crippen LogP contribution < -0.4 is 11.3 Å². The SMILES string of the molecule is CCC(C)C(NN)C1=COCCC1. The Morgan fingerprint density at radius 3 is 2.92 bits per heavy atom. The van der Waals surface area contributed by atoms with Crippen LogP contribution in [0.1, 0.15) is 33.1 Å². The Hall–Kier alpha value is -0.540. The average Bonchev–Trinajstić information content (AvgIpc) is 2.20. The second-order valence-corrected chi connectivity index (χ2v) is 3.70. The number of nitrogens with two attached hydrogens (primary N) is 1. The molecular weight excluding hydrogens is 164 g/mol. The molecule has 1 heterocycles. The normalized spacial score (nSPS) is 21.6. The summed E-state index contributed by atoms with van der Waals surface area (Å²) in [5.74, 6) is 6.10. The molecule has 2 unspecified atom stereocenters. The number of hydrogen-bond acceptors (Lipinski definition) is 3. The van der Waals surface area contributed by atoms with Gasteiger partial charge < -0.3 is 4.74 Å². The van der Waals surface area contributed by atoms with Crippen molar-refractivity contribution in [2.75, 3.05) is 6.61 Å². The van der Waals surface area contributed by atoms with E-state index in [-0.39, 0.29) is 6.04 Å². The molecule has 3 nitrogen and oxygen atoms in total. The third-order valence-corrected chi connectivity index (χ3v) is 2.75. The zero-order valence-corrected chi connectivity index (χ0v) is 8.55. The summed E-state index contributed by atoms with van der Waals surface area (Å²) < 4.78 is 5.30. The first-order chi connectivity index (χ1) is 6.29. The summed E-state index contributed by atoms with van der Waals surface area (Å²) in [7, 11) is 0.